The minimum absolute atomic E-state index is 0.0531. The maximum atomic E-state index is 12.6. The van der Waals surface area contributed by atoms with Gasteiger partial charge in [0.25, 0.3) is 0 Å². The fraction of sp³-hybridized carbons (Fsp3) is 0.860. The van der Waals surface area contributed by atoms with E-state index in [1.54, 1.807) is 0 Å². The summed E-state index contributed by atoms with van der Waals surface area (Å²) in [5, 5.41) is 0. The number of carbonyl (C=O) groups excluding carboxylic acids is 2. The Balaban J connectivity index is 4.15. The topological polar surface area (TPSA) is 134 Å². The van der Waals surface area contributed by atoms with Gasteiger partial charge in [-0.15, -0.1) is 0 Å². The van der Waals surface area contributed by atoms with Gasteiger partial charge in [0.05, 0.1) is 13.2 Å². The Hall–Kier alpha value is -1.51. The molecule has 0 amide bonds. The maximum Gasteiger partial charge on any atom is 0.472 e. The molecule has 0 aromatic carbocycles. The predicted molar refractivity (Wildman–Crippen MR) is 220 cm³/mol. The highest BCUT2D eigenvalue weighted by Gasteiger charge is 2.26. The van der Waals surface area contributed by atoms with E-state index in [4.69, 9.17) is 24.3 Å². The summed E-state index contributed by atoms with van der Waals surface area (Å²) in [6.07, 6.45) is 42.0. The summed E-state index contributed by atoms with van der Waals surface area (Å²) >= 11 is 0. The summed E-state index contributed by atoms with van der Waals surface area (Å²) in [7, 11) is -4.37. The van der Waals surface area contributed by atoms with Gasteiger partial charge < -0.3 is 20.1 Å². The molecule has 3 N–H and O–H groups in total. The van der Waals surface area contributed by atoms with Gasteiger partial charge >= 0.3 is 19.8 Å². The second-order valence-electron chi connectivity index (χ2n) is 14.6. The van der Waals surface area contributed by atoms with E-state index in [2.05, 4.69) is 38.2 Å². The fourth-order valence-corrected chi connectivity index (χ4v) is 6.80. The fourth-order valence-electron chi connectivity index (χ4n) is 6.04. The van der Waals surface area contributed by atoms with Gasteiger partial charge in [-0.2, -0.15) is 0 Å². The number of rotatable bonds is 41. The lowest BCUT2D eigenvalue weighted by molar-refractivity contribution is -0.161. The van der Waals surface area contributed by atoms with Crippen LogP contribution in [-0.4, -0.2) is 49.3 Å². The molecule has 10 heteroatoms. The van der Waals surface area contributed by atoms with Crippen LogP contribution in [0.15, 0.2) is 24.3 Å². The molecular weight excluding hydrogens is 689 g/mol. The molecule has 0 fully saturated rings. The molecule has 312 valence electrons. The van der Waals surface area contributed by atoms with Crippen LogP contribution in [0.4, 0.5) is 0 Å². The summed E-state index contributed by atoms with van der Waals surface area (Å²) in [4.78, 5) is 34.9. The maximum absolute atomic E-state index is 12.6. The molecule has 0 aliphatic heterocycles. The Morgan fingerprint density at radius 1 is 0.547 bits per heavy atom. The molecule has 0 aliphatic carbocycles. The molecule has 53 heavy (non-hydrogen) atoms. The summed E-state index contributed by atoms with van der Waals surface area (Å²) in [6.45, 7) is 3.72. The number of hydrogen-bond donors (Lipinski definition) is 2. The number of allylic oxidation sites excluding steroid dienone is 4. The number of esters is 2. The number of ether oxygens (including phenoxy) is 2. The smallest absolute Gasteiger partial charge is 0.462 e. The molecule has 0 heterocycles. The summed E-state index contributed by atoms with van der Waals surface area (Å²) in [5.74, 6) is -0.834. The second kappa shape index (κ2) is 40.2. The highest BCUT2D eigenvalue weighted by Crippen LogP contribution is 2.43. The Bertz CT molecular complexity index is 928. The average molecular weight is 772 g/mol. The van der Waals surface area contributed by atoms with Crippen LogP contribution in [0.5, 0.6) is 0 Å². The number of unbranched alkanes of at least 4 members (excludes halogenated alkanes) is 24. The molecule has 0 bridgehead atoms. The van der Waals surface area contributed by atoms with Gasteiger partial charge in [0.1, 0.15) is 6.61 Å². The van der Waals surface area contributed by atoms with Crippen LogP contribution >= 0.6 is 7.82 Å². The third-order valence-electron chi connectivity index (χ3n) is 9.31. The van der Waals surface area contributed by atoms with Crippen LogP contribution in [0.3, 0.4) is 0 Å². The van der Waals surface area contributed by atoms with Crippen molar-refractivity contribution in [2.45, 2.75) is 213 Å². The molecule has 2 atom stereocenters. The standard InChI is InChI=1S/C43H82NO8P/c1-3-5-7-9-11-13-15-17-19-20-22-24-26-28-30-32-34-36-43(46)52-41(40-51-53(47,48)50-38-37-44)39-49-42(45)35-33-31-29-27-25-23-21-18-16-14-12-10-8-6-4-2/h14,16-17,19,41H,3-13,15,18,20-40,44H2,1-2H3,(H,47,48)/b16-14+,19-17+/t41-/m1/s1. The third kappa shape index (κ3) is 40.0. The van der Waals surface area contributed by atoms with Crippen molar-refractivity contribution in [2.24, 2.45) is 5.73 Å². The molecule has 0 aromatic rings. The van der Waals surface area contributed by atoms with Crippen LogP contribution in [0, 0.1) is 0 Å². The summed E-state index contributed by atoms with van der Waals surface area (Å²) in [5.41, 5.74) is 5.35. The van der Waals surface area contributed by atoms with Crippen molar-refractivity contribution < 1.29 is 37.6 Å². The van der Waals surface area contributed by atoms with Crippen molar-refractivity contribution in [1.29, 1.82) is 0 Å². The van der Waals surface area contributed by atoms with Crippen LogP contribution in [0.1, 0.15) is 206 Å². The van der Waals surface area contributed by atoms with E-state index in [9.17, 15) is 19.0 Å². The lowest BCUT2D eigenvalue weighted by Gasteiger charge is -2.19. The molecule has 0 saturated carbocycles. The van der Waals surface area contributed by atoms with E-state index >= 15 is 0 Å². The van der Waals surface area contributed by atoms with E-state index in [0.717, 1.165) is 57.8 Å². The molecule has 0 radical (unpaired) electrons. The van der Waals surface area contributed by atoms with E-state index in [0.29, 0.717) is 6.42 Å². The van der Waals surface area contributed by atoms with E-state index in [-0.39, 0.29) is 38.6 Å². The number of carbonyl (C=O) groups is 2. The van der Waals surface area contributed by atoms with Crippen molar-refractivity contribution in [1.82, 2.24) is 0 Å². The monoisotopic (exact) mass is 772 g/mol. The van der Waals surface area contributed by atoms with Crippen molar-refractivity contribution in [3.63, 3.8) is 0 Å². The highest BCUT2D eigenvalue weighted by atomic mass is 31.2. The summed E-state index contributed by atoms with van der Waals surface area (Å²) < 4.78 is 32.8. The Kier molecular flexibility index (Phi) is 39.0. The minimum Gasteiger partial charge on any atom is -0.462 e. The first-order valence-electron chi connectivity index (χ1n) is 21.8. The molecule has 0 aromatic heterocycles. The minimum atomic E-state index is -4.37. The molecular formula is C43H82NO8P. The van der Waals surface area contributed by atoms with E-state index in [1.165, 1.54) is 116 Å². The molecule has 0 saturated heterocycles. The molecule has 0 aliphatic rings. The number of nitrogens with two attached hydrogens (primary N) is 1. The molecule has 9 nitrogen and oxygen atoms in total. The van der Waals surface area contributed by atoms with Crippen LogP contribution in [0.2, 0.25) is 0 Å². The lowest BCUT2D eigenvalue weighted by atomic mass is 10.1. The molecule has 1 unspecified atom stereocenters. The SMILES string of the molecule is CCCCCC/C=C/CCCCCCCCCC(=O)OC[C@H](COP(=O)(O)OCCN)OC(=O)CCCCCCCCC/C=C/CCCCCCCC. The summed E-state index contributed by atoms with van der Waals surface area (Å²) in [6, 6.07) is 0. The van der Waals surface area contributed by atoms with E-state index in [1.807, 2.05) is 0 Å². The second-order valence-corrected chi connectivity index (χ2v) is 16.0. The van der Waals surface area contributed by atoms with Crippen molar-refractivity contribution in [3.8, 4) is 0 Å². The average Bonchev–Trinajstić information content (AvgIpc) is 3.14. The molecule has 0 rings (SSSR count). The lowest BCUT2D eigenvalue weighted by Crippen LogP contribution is -2.29. The van der Waals surface area contributed by atoms with Gasteiger partial charge in [0.15, 0.2) is 6.10 Å². The number of phosphoric ester groups is 1. The van der Waals surface area contributed by atoms with Crippen molar-refractivity contribution >= 4 is 19.8 Å². The van der Waals surface area contributed by atoms with Gasteiger partial charge in [-0.25, -0.2) is 4.57 Å². The zero-order valence-corrected chi connectivity index (χ0v) is 35.2. The first-order chi connectivity index (χ1) is 25.8. The van der Waals surface area contributed by atoms with Crippen LogP contribution in [-0.2, 0) is 32.7 Å². The van der Waals surface area contributed by atoms with Gasteiger partial charge in [0, 0.05) is 19.4 Å². The van der Waals surface area contributed by atoms with Gasteiger partial charge in [0.2, 0.25) is 0 Å². The zero-order chi connectivity index (χ0) is 38.9. The normalized spacial score (nSPS) is 13.5. The van der Waals surface area contributed by atoms with Crippen LogP contribution < -0.4 is 5.73 Å². The van der Waals surface area contributed by atoms with Crippen molar-refractivity contribution in [3.05, 3.63) is 24.3 Å². The first kappa shape index (κ1) is 51.5. The third-order valence-corrected chi connectivity index (χ3v) is 10.3. The van der Waals surface area contributed by atoms with E-state index < -0.39 is 26.5 Å². The quantitative estimate of drug-likeness (QED) is 0.0269. The number of phosphoric acid groups is 1. The Morgan fingerprint density at radius 2 is 0.925 bits per heavy atom. The Labute approximate surface area is 325 Å². The highest BCUT2D eigenvalue weighted by molar-refractivity contribution is 7.47. The Morgan fingerprint density at radius 3 is 1.36 bits per heavy atom. The van der Waals surface area contributed by atoms with Crippen molar-refractivity contribution in [2.75, 3.05) is 26.4 Å². The largest absolute Gasteiger partial charge is 0.472 e. The van der Waals surface area contributed by atoms with Gasteiger partial charge in [-0.3, -0.25) is 18.6 Å². The van der Waals surface area contributed by atoms with Gasteiger partial charge in [-0.1, -0.05) is 154 Å². The number of hydrogen-bond acceptors (Lipinski definition) is 8. The zero-order valence-electron chi connectivity index (χ0n) is 34.3. The predicted octanol–water partition coefficient (Wildman–Crippen LogP) is 12.4. The molecule has 0 spiro atoms. The van der Waals surface area contributed by atoms with Crippen LogP contribution in [0.25, 0.3) is 0 Å². The van der Waals surface area contributed by atoms with Gasteiger partial charge in [-0.05, 0) is 64.2 Å². The first-order valence-corrected chi connectivity index (χ1v) is 23.3.